The van der Waals surface area contributed by atoms with E-state index in [0.717, 1.165) is 24.8 Å². The fourth-order valence-electron chi connectivity index (χ4n) is 2.55. The topological polar surface area (TPSA) is 77.0 Å². The number of hydrogen-bond donors (Lipinski definition) is 2. The second kappa shape index (κ2) is 5.54. The number of aromatic nitrogens is 1. The number of carbonyl (C=O) groups excluding carboxylic acids is 1. The second-order valence-corrected chi connectivity index (χ2v) is 6.06. The van der Waals surface area contributed by atoms with E-state index < -0.39 is 0 Å². The van der Waals surface area contributed by atoms with E-state index >= 15 is 0 Å². The van der Waals surface area contributed by atoms with Crippen LogP contribution in [0, 0.1) is 11.3 Å². The van der Waals surface area contributed by atoms with Gasteiger partial charge in [0.25, 0.3) is 5.91 Å². The average molecular weight is 300 g/mol. The number of fused-ring (bicyclic) bond motifs is 1. The van der Waals surface area contributed by atoms with Crippen LogP contribution >= 0.6 is 11.3 Å². The Bertz CT molecular complexity index is 746. The highest BCUT2D eigenvalue weighted by molar-refractivity contribution is 7.16. The molecule has 2 heterocycles. The third kappa shape index (κ3) is 2.73. The zero-order valence-corrected chi connectivity index (χ0v) is 12.1. The molecular weight excluding hydrogens is 286 g/mol. The maximum Gasteiger partial charge on any atom is 0.290 e. The molecule has 0 aliphatic heterocycles. The first-order valence-electron chi connectivity index (χ1n) is 6.70. The van der Waals surface area contributed by atoms with Crippen molar-refractivity contribution >= 4 is 22.2 Å². The van der Waals surface area contributed by atoms with Crippen molar-refractivity contribution < 1.29 is 14.5 Å². The summed E-state index contributed by atoms with van der Waals surface area (Å²) in [4.78, 5) is 13.3. The molecule has 0 saturated carbocycles. The van der Waals surface area contributed by atoms with Crippen molar-refractivity contribution in [3.8, 4) is 11.8 Å². The highest BCUT2D eigenvalue weighted by atomic mass is 32.1. The minimum absolute atomic E-state index is 0.0990. The van der Waals surface area contributed by atoms with Gasteiger partial charge in [-0.2, -0.15) is 9.83 Å². The van der Waals surface area contributed by atoms with Crippen LogP contribution in [0.2, 0.25) is 0 Å². The first-order valence-corrected chi connectivity index (χ1v) is 7.51. The standard InChI is InChI=1S/C15H13N3O2S/c16-7-12-11-4-1-5-13(11)21-15(12)17-14(20)9-18-6-2-3-10(19)8-18/h2-3,6,8H,1,4-5,9H2,(H-,17,19,20)/p+1. The number of nitriles is 1. The average Bonchev–Trinajstić information content (AvgIpc) is 2.98. The molecule has 2 aromatic heterocycles. The van der Waals surface area contributed by atoms with Crippen molar-refractivity contribution in [2.45, 2.75) is 25.8 Å². The summed E-state index contributed by atoms with van der Waals surface area (Å²) in [6.45, 7) is 0.0990. The summed E-state index contributed by atoms with van der Waals surface area (Å²) in [6.07, 6.45) is 6.19. The molecule has 3 rings (SSSR count). The number of thiophene rings is 1. The van der Waals surface area contributed by atoms with Gasteiger partial charge < -0.3 is 10.4 Å². The van der Waals surface area contributed by atoms with Crippen LogP contribution in [0.5, 0.6) is 5.75 Å². The van der Waals surface area contributed by atoms with E-state index in [0.29, 0.717) is 10.6 Å². The number of rotatable bonds is 3. The van der Waals surface area contributed by atoms with Crippen molar-refractivity contribution in [3.05, 3.63) is 40.5 Å². The van der Waals surface area contributed by atoms with Crippen LogP contribution in [0.4, 0.5) is 5.00 Å². The minimum Gasteiger partial charge on any atom is -0.503 e. The van der Waals surface area contributed by atoms with Crippen LogP contribution in [-0.2, 0) is 24.2 Å². The van der Waals surface area contributed by atoms with Crippen molar-refractivity contribution in [3.63, 3.8) is 0 Å². The second-order valence-electron chi connectivity index (χ2n) is 4.96. The molecule has 21 heavy (non-hydrogen) atoms. The van der Waals surface area contributed by atoms with Crippen LogP contribution < -0.4 is 9.88 Å². The van der Waals surface area contributed by atoms with Crippen molar-refractivity contribution in [2.75, 3.05) is 5.32 Å². The third-order valence-electron chi connectivity index (χ3n) is 3.45. The van der Waals surface area contributed by atoms with Crippen LogP contribution in [0.25, 0.3) is 0 Å². The smallest absolute Gasteiger partial charge is 0.290 e. The van der Waals surface area contributed by atoms with Crippen molar-refractivity contribution in [2.24, 2.45) is 0 Å². The van der Waals surface area contributed by atoms with Crippen LogP contribution in [-0.4, -0.2) is 11.0 Å². The summed E-state index contributed by atoms with van der Waals surface area (Å²) in [5.74, 6) is -0.0971. The largest absolute Gasteiger partial charge is 0.503 e. The molecule has 0 radical (unpaired) electrons. The molecule has 5 nitrogen and oxygen atoms in total. The van der Waals surface area contributed by atoms with Gasteiger partial charge in [0.15, 0.2) is 11.9 Å². The van der Waals surface area contributed by atoms with Crippen LogP contribution in [0.3, 0.4) is 0 Å². The molecule has 0 atom stereocenters. The number of hydrogen-bond acceptors (Lipinski definition) is 4. The molecule has 0 bridgehead atoms. The van der Waals surface area contributed by atoms with E-state index in [1.54, 1.807) is 22.9 Å². The fraction of sp³-hybridized carbons (Fsp3) is 0.267. The quantitative estimate of drug-likeness (QED) is 0.848. The predicted octanol–water partition coefficient (Wildman–Crippen LogP) is 1.74. The molecule has 106 valence electrons. The Morgan fingerprint density at radius 2 is 2.38 bits per heavy atom. The van der Waals surface area contributed by atoms with E-state index in [1.165, 1.54) is 22.4 Å². The molecule has 0 spiro atoms. The van der Waals surface area contributed by atoms with Gasteiger partial charge in [-0.3, -0.25) is 4.79 Å². The van der Waals surface area contributed by atoms with E-state index in [1.807, 2.05) is 0 Å². The van der Waals surface area contributed by atoms with E-state index in [4.69, 9.17) is 0 Å². The Labute approximate surface area is 126 Å². The lowest BCUT2D eigenvalue weighted by Gasteiger charge is -2.02. The Balaban J connectivity index is 1.75. The number of amides is 1. The number of nitrogens with one attached hydrogen (secondary N) is 1. The maximum absolute atomic E-state index is 12.1. The van der Waals surface area contributed by atoms with Gasteiger partial charge in [0.2, 0.25) is 12.7 Å². The van der Waals surface area contributed by atoms with E-state index in [-0.39, 0.29) is 18.2 Å². The van der Waals surface area contributed by atoms with E-state index in [9.17, 15) is 15.2 Å². The zero-order chi connectivity index (χ0) is 14.8. The first-order chi connectivity index (χ1) is 10.2. The van der Waals surface area contributed by atoms with Gasteiger partial charge in [0.05, 0.1) is 5.56 Å². The summed E-state index contributed by atoms with van der Waals surface area (Å²) in [5, 5.41) is 22.1. The van der Waals surface area contributed by atoms with E-state index in [2.05, 4.69) is 11.4 Å². The highest BCUT2D eigenvalue weighted by Gasteiger charge is 2.23. The number of carbonyl (C=O) groups is 1. The predicted molar refractivity (Wildman–Crippen MR) is 78.0 cm³/mol. The Morgan fingerprint density at radius 1 is 1.52 bits per heavy atom. The molecule has 6 heteroatoms. The monoisotopic (exact) mass is 300 g/mol. The maximum atomic E-state index is 12.1. The Morgan fingerprint density at radius 3 is 3.14 bits per heavy atom. The summed E-state index contributed by atoms with van der Waals surface area (Å²) in [5.41, 5.74) is 1.71. The normalized spacial score (nSPS) is 12.7. The Hall–Kier alpha value is -2.39. The lowest BCUT2D eigenvalue weighted by molar-refractivity contribution is -0.684. The number of anilines is 1. The van der Waals surface area contributed by atoms with Gasteiger partial charge in [-0.25, -0.2) is 0 Å². The number of pyridine rings is 1. The lowest BCUT2D eigenvalue weighted by atomic mass is 10.1. The summed E-state index contributed by atoms with van der Waals surface area (Å²) in [6, 6.07) is 5.42. The molecule has 0 unspecified atom stereocenters. The van der Waals surface area contributed by atoms with Crippen molar-refractivity contribution in [1.82, 2.24) is 0 Å². The molecule has 2 aromatic rings. The molecule has 0 fully saturated rings. The Kier molecular flexibility index (Phi) is 3.59. The summed E-state index contributed by atoms with van der Waals surface area (Å²) >= 11 is 1.50. The summed E-state index contributed by atoms with van der Waals surface area (Å²) in [7, 11) is 0. The highest BCUT2D eigenvalue weighted by Crippen LogP contribution is 2.38. The number of aryl methyl sites for hydroxylation is 1. The molecule has 2 N–H and O–H groups in total. The van der Waals surface area contributed by atoms with Crippen LogP contribution in [0.1, 0.15) is 22.4 Å². The lowest BCUT2D eigenvalue weighted by Crippen LogP contribution is -2.39. The molecule has 0 saturated heterocycles. The number of aromatic hydroxyl groups is 1. The fourth-order valence-corrected chi connectivity index (χ4v) is 3.80. The zero-order valence-electron chi connectivity index (χ0n) is 11.3. The van der Waals surface area contributed by atoms with Gasteiger partial charge in [0, 0.05) is 10.9 Å². The molecule has 1 aliphatic carbocycles. The van der Waals surface area contributed by atoms with Gasteiger partial charge in [-0.15, -0.1) is 11.3 Å². The minimum atomic E-state index is -0.206. The van der Waals surface area contributed by atoms with Gasteiger partial charge in [-0.05, 0) is 30.9 Å². The first kappa shape index (κ1) is 13.6. The SMILES string of the molecule is N#Cc1c(NC(=O)C[n+]2cccc(O)c2)sc2c1CCC2. The number of nitrogens with zero attached hydrogens (tertiary/aromatic N) is 2. The van der Waals surface area contributed by atoms with Gasteiger partial charge >= 0.3 is 0 Å². The van der Waals surface area contributed by atoms with Crippen LogP contribution in [0.15, 0.2) is 24.5 Å². The van der Waals surface area contributed by atoms with Gasteiger partial charge in [-0.1, -0.05) is 0 Å². The summed E-state index contributed by atoms with van der Waals surface area (Å²) < 4.78 is 1.60. The third-order valence-corrected chi connectivity index (χ3v) is 4.66. The molecular formula is C15H14N3O2S+. The molecule has 1 aliphatic rings. The molecule has 1 amide bonds. The van der Waals surface area contributed by atoms with Crippen molar-refractivity contribution in [1.29, 1.82) is 5.26 Å². The van der Waals surface area contributed by atoms with Gasteiger partial charge in [0.1, 0.15) is 11.1 Å². The molecule has 0 aromatic carbocycles.